The van der Waals surface area contributed by atoms with E-state index in [1.54, 1.807) is 0 Å². The summed E-state index contributed by atoms with van der Waals surface area (Å²) in [6.45, 7) is 4.28. The van der Waals surface area contributed by atoms with Crippen LogP contribution in [-0.2, 0) is 7.05 Å². The largest absolute Gasteiger partial charge is 0.316 e. The molecular weight excluding hydrogens is 236 g/mol. The highest BCUT2D eigenvalue weighted by Crippen LogP contribution is 2.34. The van der Waals surface area contributed by atoms with Gasteiger partial charge in [0.15, 0.2) is 0 Å². The molecular formula is C15H20N4. The Balaban J connectivity index is 2.08. The summed E-state index contributed by atoms with van der Waals surface area (Å²) < 4.78 is 2.06. The molecule has 0 radical (unpaired) electrons. The zero-order valence-corrected chi connectivity index (χ0v) is 11.6. The monoisotopic (exact) mass is 256 g/mol. The molecule has 2 aromatic rings. The number of aromatic nitrogens is 3. The van der Waals surface area contributed by atoms with Gasteiger partial charge in [-0.2, -0.15) is 5.10 Å². The molecule has 0 amide bonds. The van der Waals surface area contributed by atoms with Crippen molar-refractivity contribution >= 4 is 0 Å². The predicted octanol–water partition coefficient (Wildman–Crippen LogP) is 2.26. The van der Waals surface area contributed by atoms with Crippen LogP contribution in [0.15, 0.2) is 24.5 Å². The fourth-order valence-electron chi connectivity index (χ4n) is 3.10. The van der Waals surface area contributed by atoms with Gasteiger partial charge in [-0.05, 0) is 44.0 Å². The third-order valence-electron chi connectivity index (χ3n) is 3.92. The Bertz CT molecular complexity index is 553. The molecule has 2 aromatic heterocycles. The van der Waals surface area contributed by atoms with E-state index in [1.165, 1.54) is 29.7 Å². The molecule has 1 aliphatic rings. The average molecular weight is 256 g/mol. The molecule has 1 N–H and O–H groups in total. The molecule has 3 heterocycles. The lowest BCUT2D eigenvalue weighted by molar-refractivity contribution is 0.442. The van der Waals surface area contributed by atoms with Crippen LogP contribution < -0.4 is 5.32 Å². The van der Waals surface area contributed by atoms with Crippen molar-refractivity contribution in [1.29, 1.82) is 0 Å². The Labute approximate surface area is 113 Å². The smallest absolute Gasteiger partial charge is 0.0675 e. The number of piperidine rings is 1. The van der Waals surface area contributed by atoms with Gasteiger partial charge in [-0.15, -0.1) is 0 Å². The second-order valence-electron chi connectivity index (χ2n) is 5.25. The summed E-state index contributed by atoms with van der Waals surface area (Å²) in [5.41, 5.74) is 4.98. The van der Waals surface area contributed by atoms with Crippen LogP contribution in [0.2, 0.25) is 0 Å². The standard InChI is InChI=1S/C15H20N4/c1-11-14(12-5-8-16-9-6-12)15(19(2)18-11)13-4-3-7-17-10-13/h5-6,8-9,13,17H,3-4,7,10H2,1-2H3. The maximum Gasteiger partial charge on any atom is 0.0675 e. The summed E-state index contributed by atoms with van der Waals surface area (Å²) in [4.78, 5) is 4.11. The molecule has 1 saturated heterocycles. The van der Waals surface area contributed by atoms with Crippen molar-refractivity contribution in [3.63, 3.8) is 0 Å². The zero-order chi connectivity index (χ0) is 13.2. The minimum absolute atomic E-state index is 0.558. The van der Waals surface area contributed by atoms with Gasteiger partial charge in [0.1, 0.15) is 0 Å². The molecule has 19 heavy (non-hydrogen) atoms. The van der Waals surface area contributed by atoms with E-state index in [2.05, 4.69) is 46.2 Å². The van der Waals surface area contributed by atoms with Gasteiger partial charge in [0, 0.05) is 37.5 Å². The fourth-order valence-corrected chi connectivity index (χ4v) is 3.10. The summed E-state index contributed by atoms with van der Waals surface area (Å²) >= 11 is 0. The molecule has 0 aliphatic carbocycles. The van der Waals surface area contributed by atoms with Crippen molar-refractivity contribution in [3.8, 4) is 11.1 Å². The number of hydrogen-bond acceptors (Lipinski definition) is 3. The van der Waals surface area contributed by atoms with Crippen LogP contribution in [0.4, 0.5) is 0 Å². The zero-order valence-electron chi connectivity index (χ0n) is 11.6. The summed E-state index contributed by atoms with van der Waals surface area (Å²) in [5, 5.41) is 8.13. The highest BCUT2D eigenvalue weighted by Gasteiger charge is 2.24. The molecule has 100 valence electrons. The number of hydrogen-bond donors (Lipinski definition) is 1. The second kappa shape index (κ2) is 5.13. The third kappa shape index (κ3) is 2.28. The van der Waals surface area contributed by atoms with Gasteiger partial charge in [-0.25, -0.2) is 0 Å². The molecule has 1 unspecified atom stereocenters. The van der Waals surface area contributed by atoms with Crippen molar-refractivity contribution in [1.82, 2.24) is 20.1 Å². The summed E-state index contributed by atoms with van der Waals surface area (Å²) in [6, 6.07) is 4.15. The van der Waals surface area contributed by atoms with Crippen molar-refractivity contribution < 1.29 is 0 Å². The normalized spacial score (nSPS) is 19.6. The number of aryl methyl sites for hydroxylation is 2. The van der Waals surface area contributed by atoms with Crippen molar-refractivity contribution in [2.75, 3.05) is 13.1 Å². The van der Waals surface area contributed by atoms with E-state index >= 15 is 0 Å². The number of nitrogens with one attached hydrogen (secondary N) is 1. The molecule has 0 bridgehead atoms. The number of rotatable bonds is 2. The SMILES string of the molecule is Cc1nn(C)c(C2CCCNC2)c1-c1ccncc1. The van der Waals surface area contributed by atoms with Gasteiger partial charge in [0.25, 0.3) is 0 Å². The van der Waals surface area contributed by atoms with Gasteiger partial charge in [0.05, 0.1) is 11.4 Å². The van der Waals surface area contributed by atoms with E-state index in [-0.39, 0.29) is 0 Å². The molecule has 0 saturated carbocycles. The Hall–Kier alpha value is -1.68. The highest BCUT2D eigenvalue weighted by molar-refractivity contribution is 5.69. The van der Waals surface area contributed by atoms with E-state index < -0.39 is 0 Å². The van der Waals surface area contributed by atoms with E-state index in [1.807, 2.05) is 12.4 Å². The maximum atomic E-state index is 4.63. The van der Waals surface area contributed by atoms with Gasteiger partial charge >= 0.3 is 0 Å². The van der Waals surface area contributed by atoms with E-state index in [0.717, 1.165) is 18.8 Å². The second-order valence-corrected chi connectivity index (χ2v) is 5.25. The Kier molecular flexibility index (Phi) is 3.34. The predicted molar refractivity (Wildman–Crippen MR) is 76.0 cm³/mol. The fraction of sp³-hybridized carbons (Fsp3) is 0.467. The van der Waals surface area contributed by atoms with Crippen LogP contribution >= 0.6 is 0 Å². The van der Waals surface area contributed by atoms with Crippen molar-refractivity contribution in [2.45, 2.75) is 25.7 Å². The summed E-state index contributed by atoms with van der Waals surface area (Å²) in [5.74, 6) is 0.558. The third-order valence-corrected chi connectivity index (χ3v) is 3.92. The average Bonchev–Trinajstić information content (AvgIpc) is 2.75. The number of nitrogens with zero attached hydrogens (tertiary/aromatic N) is 3. The van der Waals surface area contributed by atoms with Crippen LogP contribution in [-0.4, -0.2) is 27.9 Å². The minimum atomic E-state index is 0.558. The lowest BCUT2D eigenvalue weighted by atomic mass is 9.90. The van der Waals surface area contributed by atoms with Crippen LogP contribution in [0.3, 0.4) is 0 Å². The quantitative estimate of drug-likeness (QED) is 0.896. The lowest BCUT2D eigenvalue weighted by Gasteiger charge is -2.24. The van der Waals surface area contributed by atoms with Crippen LogP contribution in [0.5, 0.6) is 0 Å². The van der Waals surface area contributed by atoms with Crippen molar-refractivity contribution in [3.05, 3.63) is 35.9 Å². The topological polar surface area (TPSA) is 42.7 Å². The Morgan fingerprint density at radius 1 is 1.32 bits per heavy atom. The minimum Gasteiger partial charge on any atom is -0.316 e. The molecule has 4 heteroatoms. The molecule has 1 aliphatic heterocycles. The van der Waals surface area contributed by atoms with Gasteiger partial charge in [0.2, 0.25) is 0 Å². The molecule has 1 fully saturated rings. The van der Waals surface area contributed by atoms with Gasteiger partial charge in [-0.1, -0.05) is 0 Å². The molecule has 3 rings (SSSR count). The van der Waals surface area contributed by atoms with Crippen molar-refractivity contribution in [2.24, 2.45) is 7.05 Å². The first-order chi connectivity index (χ1) is 9.27. The first-order valence-corrected chi connectivity index (χ1v) is 6.92. The van der Waals surface area contributed by atoms with E-state index in [4.69, 9.17) is 0 Å². The summed E-state index contributed by atoms with van der Waals surface area (Å²) in [7, 11) is 2.06. The van der Waals surface area contributed by atoms with E-state index in [9.17, 15) is 0 Å². The first kappa shape index (κ1) is 12.4. The maximum absolute atomic E-state index is 4.63. The van der Waals surface area contributed by atoms with Crippen LogP contribution in [0.25, 0.3) is 11.1 Å². The van der Waals surface area contributed by atoms with Gasteiger partial charge in [-0.3, -0.25) is 9.67 Å². The first-order valence-electron chi connectivity index (χ1n) is 6.92. The summed E-state index contributed by atoms with van der Waals surface area (Å²) in [6.07, 6.45) is 6.18. The van der Waals surface area contributed by atoms with Crippen LogP contribution in [0, 0.1) is 6.92 Å². The molecule has 0 spiro atoms. The van der Waals surface area contributed by atoms with Gasteiger partial charge < -0.3 is 5.32 Å². The molecule has 0 aromatic carbocycles. The Morgan fingerprint density at radius 3 is 2.79 bits per heavy atom. The van der Waals surface area contributed by atoms with Crippen LogP contribution in [0.1, 0.15) is 30.1 Å². The lowest BCUT2D eigenvalue weighted by Crippen LogP contribution is -2.29. The van der Waals surface area contributed by atoms with E-state index in [0.29, 0.717) is 5.92 Å². The Morgan fingerprint density at radius 2 is 2.11 bits per heavy atom. The number of pyridine rings is 1. The highest BCUT2D eigenvalue weighted by atomic mass is 15.3. The molecule has 4 nitrogen and oxygen atoms in total. The molecule has 1 atom stereocenters.